The number of esters is 1. The summed E-state index contributed by atoms with van der Waals surface area (Å²) in [6, 6.07) is 2.11. The van der Waals surface area contributed by atoms with Crippen molar-refractivity contribution in [3.63, 3.8) is 0 Å². The zero-order chi connectivity index (χ0) is 25.7. The van der Waals surface area contributed by atoms with Gasteiger partial charge in [0.2, 0.25) is 24.0 Å². The Morgan fingerprint density at radius 1 is 1.29 bits per heavy atom. The molecule has 1 unspecified atom stereocenters. The van der Waals surface area contributed by atoms with Crippen molar-refractivity contribution in [1.82, 2.24) is 15.5 Å². The van der Waals surface area contributed by atoms with Crippen LogP contribution >= 0.6 is 11.6 Å². The number of rotatable bonds is 8. The fraction of sp³-hybridized carbons (Fsp3) is 0.522. The molecule has 0 aliphatic carbocycles. The molecule has 3 N–H and O–H groups in total. The second-order valence-electron chi connectivity index (χ2n) is 8.39. The summed E-state index contributed by atoms with van der Waals surface area (Å²) in [5.74, 6) is -2.09. The molecule has 2 fully saturated rings. The lowest BCUT2D eigenvalue weighted by Crippen LogP contribution is -2.54. The maximum atomic E-state index is 13.1. The molecule has 11 nitrogen and oxygen atoms in total. The number of hydrogen-bond donors (Lipinski definition) is 3. The van der Waals surface area contributed by atoms with Crippen molar-refractivity contribution in [3.8, 4) is 0 Å². The largest absolute Gasteiger partial charge is 0.433 e. The summed E-state index contributed by atoms with van der Waals surface area (Å²) in [6.45, 7) is 5.31. The zero-order valence-corrected chi connectivity index (χ0v) is 20.5. The van der Waals surface area contributed by atoms with Crippen LogP contribution in [-0.2, 0) is 28.7 Å². The predicted octanol–water partition coefficient (Wildman–Crippen LogP) is 1.20. The lowest BCUT2D eigenvalue weighted by atomic mass is 10.1. The highest BCUT2D eigenvalue weighted by Gasteiger charge is 2.41. The summed E-state index contributed by atoms with van der Waals surface area (Å²) >= 11 is 6.13. The summed E-state index contributed by atoms with van der Waals surface area (Å²) in [6.07, 6.45) is 0.218. The Kier molecular flexibility index (Phi) is 8.68. The fourth-order valence-electron chi connectivity index (χ4n) is 4.09. The molecule has 3 rings (SSSR count). The van der Waals surface area contributed by atoms with Crippen molar-refractivity contribution in [2.45, 2.75) is 64.4 Å². The molecule has 4 atom stereocenters. The van der Waals surface area contributed by atoms with Crippen LogP contribution in [-0.4, -0.2) is 72.1 Å². The number of hydrogen-bond acceptors (Lipinski definition) is 7. The second-order valence-corrected chi connectivity index (χ2v) is 8.80. The lowest BCUT2D eigenvalue weighted by Gasteiger charge is -2.28. The minimum atomic E-state index is -0.905. The van der Waals surface area contributed by atoms with Crippen molar-refractivity contribution < 1.29 is 33.4 Å². The molecule has 2 saturated heterocycles. The van der Waals surface area contributed by atoms with Gasteiger partial charge >= 0.3 is 5.97 Å². The first kappa shape index (κ1) is 26.4. The van der Waals surface area contributed by atoms with Crippen molar-refractivity contribution in [3.05, 3.63) is 28.8 Å². The van der Waals surface area contributed by atoms with Crippen LogP contribution in [0.3, 0.4) is 0 Å². The highest BCUT2D eigenvalue weighted by Crippen LogP contribution is 2.24. The fourth-order valence-corrected chi connectivity index (χ4v) is 4.32. The molecule has 0 radical (unpaired) electrons. The predicted molar refractivity (Wildman–Crippen MR) is 125 cm³/mol. The van der Waals surface area contributed by atoms with Crippen LogP contribution in [0.25, 0.3) is 0 Å². The number of carbonyl (C=O) groups excluding carboxylic acids is 5. The molecular weight excluding hydrogens is 480 g/mol. The minimum absolute atomic E-state index is 0.00712. The Morgan fingerprint density at radius 3 is 2.69 bits per heavy atom. The summed E-state index contributed by atoms with van der Waals surface area (Å²) in [5.41, 5.74) is 0.582. The second kappa shape index (κ2) is 11.5. The van der Waals surface area contributed by atoms with Gasteiger partial charge in [-0.25, -0.2) is 0 Å². The first-order chi connectivity index (χ1) is 16.6. The molecule has 4 amide bonds. The van der Waals surface area contributed by atoms with Crippen molar-refractivity contribution >= 4 is 46.9 Å². The van der Waals surface area contributed by atoms with Gasteiger partial charge in [0.05, 0.1) is 17.1 Å². The van der Waals surface area contributed by atoms with Crippen molar-refractivity contribution in [2.24, 2.45) is 0 Å². The van der Waals surface area contributed by atoms with Gasteiger partial charge in [0, 0.05) is 25.6 Å². The highest BCUT2D eigenvalue weighted by atomic mass is 35.5. The standard InChI is InChI=1S/C23H29ClN4O7/c1-4-34-23-17(11-19(30)35-23)27-21(32)18-6-5-9-28(18)22(33)12(2)25-20(31)14-7-8-16(15(24)10-14)26-13(3)29/h7-8,10,12,17-18,23H,4-6,9,11H2,1-3H3,(H,25,31)(H,26,29)(H,27,32)/t12-,17-,18-,23?/m0/s1. The molecule has 190 valence electrons. The molecule has 2 aliphatic heterocycles. The molecular formula is C23H29ClN4O7. The highest BCUT2D eigenvalue weighted by molar-refractivity contribution is 6.34. The zero-order valence-electron chi connectivity index (χ0n) is 19.8. The van der Waals surface area contributed by atoms with E-state index in [1.807, 2.05) is 0 Å². The number of ether oxygens (including phenoxy) is 2. The molecule has 0 aromatic heterocycles. The van der Waals surface area contributed by atoms with E-state index in [-0.39, 0.29) is 22.9 Å². The van der Waals surface area contributed by atoms with E-state index in [1.54, 1.807) is 6.92 Å². The first-order valence-corrected chi connectivity index (χ1v) is 11.8. The quantitative estimate of drug-likeness (QED) is 0.448. The Labute approximate surface area is 207 Å². The number of cyclic esters (lactones) is 1. The van der Waals surface area contributed by atoms with E-state index < -0.39 is 48.1 Å². The number of anilines is 1. The van der Waals surface area contributed by atoms with Gasteiger partial charge in [-0.3, -0.25) is 24.0 Å². The third kappa shape index (κ3) is 6.49. The van der Waals surface area contributed by atoms with E-state index in [0.717, 1.165) is 0 Å². The summed E-state index contributed by atoms with van der Waals surface area (Å²) in [4.78, 5) is 62.9. The molecule has 0 spiro atoms. The van der Waals surface area contributed by atoms with Crippen molar-refractivity contribution in [1.29, 1.82) is 0 Å². The van der Waals surface area contributed by atoms with Gasteiger partial charge in [-0.2, -0.15) is 0 Å². The number of carbonyl (C=O) groups is 5. The van der Waals surface area contributed by atoms with Gasteiger partial charge < -0.3 is 30.3 Å². The van der Waals surface area contributed by atoms with Gasteiger partial charge in [-0.05, 0) is 44.9 Å². The number of halogens is 1. The average molecular weight is 509 g/mol. The molecule has 12 heteroatoms. The Morgan fingerprint density at radius 2 is 2.03 bits per heavy atom. The molecule has 2 heterocycles. The van der Waals surface area contributed by atoms with Gasteiger partial charge in [0.15, 0.2) is 0 Å². The van der Waals surface area contributed by atoms with Crippen LogP contribution in [0.15, 0.2) is 18.2 Å². The van der Waals surface area contributed by atoms with Gasteiger partial charge in [-0.15, -0.1) is 0 Å². The SMILES string of the molecule is CCOC1OC(=O)C[C@@H]1NC(=O)[C@@H]1CCCN1C(=O)[C@H](C)NC(=O)c1ccc(NC(C)=O)c(Cl)c1. The Balaban J connectivity index is 1.61. The lowest BCUT2D eigenvalue weighted by molar-refractivity contribution is -0.164. The summed E-state index contributed by atoms with van der Waals surface area (Å²) in [7, 11) is 0. The van der Waals surface area contributed by atoms with Crippen LogP contribution in [0.2, 0.25) is 5.02 Å². The van der Waals surface area contributed by atoms with Crippen LogP contribution in [0.4, 0.5) is 5.69 Å². The van der Waals surface area contributed by atoms with Crippen LogP contribution < -0.4 is 16.0 Å². The van der Waals surface area contributed by atoms with Crippen LogP contribution in [0.5, 0.6) is 0 Å². The number of likely N-dealkylation sites (tertiary alicyclic amines) is 1. The van der Waals surface area contributed by atoms with E-state index in [0.29, 0.717) is 31.7 Å². The molecule has 0 bridgehead atoms. The van der Waals surface area contributed by atoms with E-state index >= 15 is 0 Å². The third-order valence-electron chi connectivity index (χ3n) is 5.72. The average Bonchev–Trinajstić information content (AvgIpc) is 3.41. The maximum Gasteiger partial charge on any atom is 0.310 e. The Hall–Kier alpha value is -3.18. The van der Waals surface area contributed by atoms with E-state index in [9.17, 15) is 24.0 Å². The van der Waals surface area contributed by atoms with Gasteiger partial charge in [0.25, 0.3) is 5.91 Å². The topological polar surface area (TPSA) is 143 Å². The first-order valence-electron chi connectivity index (χ1n) is 11.4. The molecule has 0 saturated carbocycles. The summed E-state index contributed by atoms with van der Waals surface area (Å²) in [5, 5.41) is 8.13. The van der Waals surface area contributed by atoms with E-state index in [4.69, 9.17) is 21.1 Å². The monoisotopic (exact) mass is 508 g/mol. The number of nitrogens with one attached hydrogen (secondary N) is 3. The normalized spacial score (nSPS) is 22.3. The number of benzene rings is 1. The van der Waals surface area contributed by atoms with Gasteiger partial charge in [0.1, 0.15) is 18.1 Å². The molecule has 1 aromatic rings. The number of amides is 4. The molecule has 1 aromatic carbocycles. The smallest absolute Gasteiger partial charge is 0.310 e. The van der Waals surface area contributed by atoms with Crippen LogP contribution in [0, 0.1) is 0 Å². The van der Waals surface area contributed by atoms with Crippen molar-refractivity contribution in [2.75, 3.05) is 18.5 Å². The van der Waals surface area contributed by atoms with E-state index in [2.05, 4.69) is 16.0 Å². The molecule has 35 heavy (non-hydrogen) atoms. The minimum Gasteiger partial charge on any atom is -0.433 e. The van der Waals surface area contributed by atoms with Gasteiger partial charge in [-0.1, -0.05) is 11.6 Å². The maximum absolute atomic E-state index is 13.1. The van der Waals surface area contributed by atoms with Crippen LogP contribution in [0.1, 0.15) is 50.4 Å². The summed E-state index contributed by atoms with van der Waals surface area (Å²) < 4.78 is 10.4. The molecule has 2 aliphatic rings. The van der Waals surface area contributed by atoms with E-state index in [1.165, 1.54) is 36.9 Å². The third-order valence-corrected chi connectivity index (χ3v) is 6.03. The number of nitrogens with zero attached hydrogens (tertiary/aromatic N) is 1. The Bertz CT molecular complexity index is 1020.